The van der Waals surface area contributed by atoms with Gasteiger partial charge in [0, 0.05) is 25.1 Å². The predicted octanol–water partition coefficient (Wildman–Crippen LogP) is 0.437. The van der Waals surface area contributed by atoms with Gasteiger partial charge < -0.3 is 20.1 Å². The zero-order valence-corrected chi connectivity index (χ0v) is 11.6. The second-order valence-corrected chi connectivity index (χ2v) is 5.92. The lowest BCUT2D eigenvalue weighted by Crippen LogP contribution is -2.58. The molecule has 3 rings (SSSR count). The van der Waals surface area contributed by atoms with Crippen molar-refractivity contribution in [2.75, 3.05) is 19.8 Å². The molecule has 1 saturated carbocycles. The van der Waals surface area contributed by atoms with Crippen LogP contribution in [0.1, 0.15) is 32.6 Å². The van der Waals surface area contributed by atoms with E-state index < -0.39 is 0 Å². The van der Waals surface area contributed by atoms with Gasteiger partial charge in [-0.15, -0.1) is 0 Å². The molecule has 3 fully saturated rings. The zero-order chi connectivity index (χ0) is 13.2. The molecule has 2 aliphatic heterocycles. The summed E-state index contributed by atoms with van der Waals surface area (Å²) in [4.78, 5) is 12.4. The summed E-state index contributed by atoms with van der Waals surface area (Å²) < 4.78 is 11.3. The van der Waals surface area contributed by atoms with E-state index in [1.807, 2.05) is 6.92 Å². The van der Waals surface area contributed by atoms with Crippen LogP contribution in [0.15, 0.2) is 0 Å². The minimum atomic E-state index is -0.212. The molecular formula is C14H24N2O3. The molecule has 0 radical (unpaired) electrons. The van der Waals surface area contributed by atoms with Crippen LogP contribution in [0.2, 0.25) is 0 Å². The van der Waals surface area contributed by atoms with Crippen molar-refractivity contribution in [3.8, 4) is 0 Å². The van der Waals surface area contributed by atoms with Crippen molar-refractivity contribution in [2.24, 2.45) is 5.92 Å². The molecule has 3 unspecified atom stereocenters. The summed E-state index contributed by atoms with van der Waals surface area (Å²) in [6, 6.07) is 0.0705. The number of hydrogen-bond acceptors (Lipinski definition) is 4. The molecule has 2 N–H and O–H groups in total. The number of carbonyl (C=O) groups excluding carboxylic acids is 1. The number of ether oxygens (including phenoxy) is 2. The van der Waals surface area contributed by atoms with E-state index in [0.29, 0.717) is 18.6 Å². The zero-order valence-electron chi connectivity index (χ0n) is 11.6. The molecule has 1 amide bonds. The largest absolute Gasteiger partial charge is 0.378 e. The van der Waals surface area contributed by atoms with E-state index >= 15 is 0 Å². The molecule has 3 aliphatic rings. The molecular weight excluding hydrogens is 244 g/mol. The summed E-state index contributed by atoms with van der Waals surface area (Å²) in [6.45, 7) is 4.25. The fourth-order valence-electron chi connectivity index (χ4n) is 3.65. The molecule has 5 atom stereocenters. The molecule has 0 bridgehead atoms. The smallest absolute Gasteiger partial charge is 0.240 e. The number of carbonyl (C=O) groups is 1. The molecule has 2 heterocycles. The maximum Gasteiger partial charge on any atom is 0.240 e. The third kappa shape index (κ3) is 2.78. The van der Waals surface area contributed by atoms with Crippen LogP contribution in [-0.4, -0.2) is 50.0 Å². The minimum Gasteiger partial charge on any atom is -0.378 e. The molecule has 0 aromatic heterocycles. The van der Waals surface area contributed by atoms with E-state index in [0.717, 1.165) is 38.8 Å². The Morgan fingerprint density at radius 2 is 2.11 bits per heavy atom. The Hall–Kier alpha value is -0.650. The predicted molar refractivity (Wildman–Crippen MR) is 70.8 cm³/mol. The minimum absolute atomic E-state index is 0.0482. The third-order valence-electron chi connectivity index (χ3n) is 4.71. The Morgan fingerprint density at radius 3 is 2.95 bits per heavy atom. The molecule has 2 saturated heterocycles. The highest BCUT2D eigenvalue weighted by Crippen LogP contribution is 2.34. The maximum absolute atomic E-state index is 12.4. The molecule has 19 heavy (non-hydrogen) atoms. The highest BCUT2D eigenvalue weighted by atomic mass is 16.5. The highest BCUT2D eigenvalue weighted by Gasteiger charge is 2.39. The number of amides is 1. The van der Waals surface area contributed by atoms with Gasteiger partial charge in [0.05, 0.1) is 18.8 Å². The monoisotopic (exact) mass is 268 g/mol. The number of nitrogens with one attached hydrogen (secondary N) is 2. The van der Waals surface area contributed by atoms with E-state index in [-0.39, 0.29) is 24.1 Å². The Balaban J connectivity index is 1.59. The Kier molecular flexibility index (Phi) is 4.05. The Bertz CT molecular complexity index is 337. The lowest BCUT2D eigenvalue weighted by Gasteiger charge is -2.36. The summed E-state index contributed by atoms with van der Waals surface area (Å²) in [5, 5.41) is 6.48. The topological polar surface area (TPSA) is 59.6 Å². The summed E-state index contributed by atoms with van der Waals surface area (Å²) >= 11 is 0. The van der Waals surface area contributed by atoms with Gasteiger partial charge in [0.15, 0.2) is 0 Å². The highest BCUT2D eigenvalue weighted by molar-refractivity contribution is 5.82. The van der Waals surface area contributed by atoms with Crippen molar-refractivity contribution in [1.82, 2.24) is 10.6 Å². The number of fused-ring (bicyclic) bond motifs is 1. The van der Waals surface area contributed by atoms with Crippen molar-refractivity contribution in [3.05, 3.63) is 0 Å². The van der Waals surface area contributed by atoms with E-state index in [9.17, 15) is 4.79 Å². The quantitative estimate of drug-likeness (QED) is 0.763. The lowest BCUT2D eigenvalue weighted by molar-refractivity contribution is -0.130. The van der Waals surface area contributed by atoms with E-state index in [1.54, 1.807) is 0 Å². The third-order valence-corrected chi connectivity index (χ3v) is 4.71. The number of morpholine rings is 1. The average molecular weight is 268 g/mol. The second kappa shape index (κ2) is 5.77. The van der Waals surface area contributed by atoms with Gasteiger partial charge in [-0.3, -0.25) is 4.79 Å². The van der Waals surface area contributed by atoms with Gasteiger partial charge in [-0.05, 0) is 32.6 Å². The van der Waals surface area contributed by atoms with E-state index in [4.69, 9.17) is 9.47 Å². The first-order chi connectivity index (χ1) is 9.25. The fourth-order valence-corrected chi connectivity index (χ4v) is 3.65. The maximum atomic E-state index is 12.4. The summed E-state index contributed by atoms with van der Waals surface area (Å²) in [5.41, 5.74) is 0. The molecule has 5 nitrogen and oxygen atoms in total. The first-order valence-corrected chi connectivity index (χ1v) is 7.52. The number of hydrogen-bond donors (Lipinski definition) is 2. The van der Waals surface area contributed by atoms with Crippen LogP contribution < -0.4 is 10.6 Å². The lowest BCUT2D eigenvalue weighted by atomic mass is 9.81. The van der Waals surface area contributed by atoms with Crippen molar-refractivity contribution >= 4 is 5.91 Å². The van der Waals surface area contributed by atoms with Crippen LogP contribution in [0.4, 0.5) is 0 Å². The van der Waals surface area contributed by atoms with Gasteiger partial charge >= 0.3 is 0 Å². The summed E-state index contributed by atoms with van der Waals surface area (Å²) in [6.07, 6.45) is 4.78. The van der Waals surface area contributed by atoms with Crippen molar-refractivity contribution in [3.63, 3.8) is 0 Å². The molecule has 0 aromatic rings. The van der Waals surface area contributed by atoms with Crippen LogP contribution in [0.5, 0.6) is 0 Å². The van der Waals surface area contributed by atoms with Gasteiger partial charge in [-0.2, -0.15) is 0 Å². The van der Waals surface area contributed by atoms with Gasteiger partial charge in [0.25, 0.3) is 0 Å². The van der Waals surface area contributed by atoms with Crippen LogP contribution in [-0.2, 0) is 14.3 Å². The van der Waals surface area contributed by atoms with E-state index in [1.165, 1.54) is 0 Å². The van der Waals surface area contributed by atoms with Crippen molar-refractivity contribution in [2.45, 2.75) is 56.9 Å². The van der Waals surface area contributed by atoms with Crippen LogP contribution >= 0.6 is 0 Å². The van der Waals surface area contributed by atoms with Crippen LogP contribution in [0, 0.1) is 5.92 Å². The van der Waals surface area contributed by atoms with Crippen molar-refractivity contribution < 1.29 is 14.3 Å². The average Bonchev–Trinajstić information content (AvgIpc) is 2.88. The molecule has 1 aliphatic carbocycles. The first-order valence-electron chi connectivity index (χ1n) is 7.52. The number of rotatable bonds is 2. The molecule has 0 aromatic carbocycles. The molecule has 108 valence electrons. The Labute approximate surface area is 114 Å². The van der Waals surface area contributed by atoms with Gasteiger partial charge in [-0.1, -0.05) is 0 Å². The first kappa shape index (κ1) is 13.3. The standard InChI is InChI=1S/C14H24N2O3/c1-9-13(15-6-8-18-9)14(17)16-11-3-2-4-12-10(11)5-7-19-12/h9-13,15H,2-8H2,1H3,(H,16,17)/t9-,10?,11?,12?,13+/m1/s1. The van der Waals surface area contributed by atoms with Crippen LogP contribution in [0.25, 0.3) is 0 Å². The molecule has 0 spiro atoms. The summed E-state index contributed by atoms with van der Waals surface area (Å²) in [5.74, 6) is 0.599. The second-order valence-electron chi connectivity index (χ2n) is 5.92. The van der Waals surface area contributed by atoms with Crippen LogP contribution in [0.3, 0.4) is 0 Å². The summed E-state index contributed by atoms with van der Waals surface area (Å²) in [7, 11) is 0. The molecule has 5 heteroatoms. The SMILES string of the molecule is C[C@H]1OCCN[C@@H]1C(=O)NC1CCCC2OCCC12. The van der Waals surface area contributed by atoms with Gasteiger partial charge in [-0.25, -0.2) is 0 Å². The normalized spacial score (nSPS) is 42.7. The Morgan fingerprint density at radius 1 is 1.21 bits per heavy atom. The van der Waals surface area contributed by atoms with Gasteiger partial charge in [0.2, 0.25) is 5.91 Å². The van der Waals surface area contributed by atoms with Crippen molar-refractivity contribution in [1.29, 1.82) is 0 Å². The van der Waals surface area contributed by atoms with E-state index in [2.05, 4.69) is 10.6 Å². The fraction of sp³-hybridized carbons (Fsp3) is 0.929. The van der Waals surface area contributed by atoms with Gasteiger partial charge in [0.1, 0.15) is 6.04 Å².